The Morgan fingerprint density at radius 3 is 2.71 bits per heavy atom. The first-order chi connectivity index (χ1) is 7.76. The van der Waals surface area contributed by atoms with Crippen molar-refractivity contribution in [2.24, 2.45) is 11.3 Å². The molecule has 3 nitrogen and oxygen atoms in total. The van der Waals surface area contributed by atoms with Crippen LogP contribution in [0.4, 0.5) is 8.78 Å². The predicted molar refractivity (Wildman–Crippen MR) is 60.8 cm³/mol. The number of hydrogen-bond donors (Lipinski definition) is 2. The lowest BCUT2D eigenvalue weighted by molar-refractivity contribution is -0.132. The normalized spacial score (nSPS) is 24.4. The van der Waals surface area contributed by atoms with E-state index in [2.05, 4.69) is 5.32 Å². The van der Waals surface area contributed by atoms with E-state index in [0.717, 1.165) is 0 Å². The lowest BCUT2D eigenvalue weighted by atomic mass is 9.85. The molecule has 1 aliphatic rings. The van der Waals surface area contributed by atoms with E-state index in [1.165, 1.54) is 0 Å². The highest BCUT2D eigenvalue weighted by Gasteiger charge is 2.39. The largest absolute Gasteiger partial charge is 0.396 e. The third-order valence-corrected chi connectivity index (χ3v) is 3.18. The van der Waals surface area contributed by atoms with Crippen molar-refractivity contribution in [2.75, 3.05) is 13.2 Å². The Bertz CT molecular complexity index is 280. The number of hydrogen-bond acceptors (Lipinski definition) is 2. The molecule has 0 aliphatic heterocycles. The van der Waals surface area contributed by atoms with E-state index < -0.39 is 17.3 Å². The third-order valence-electron chi connectivity index (χ3n) is 3.18. The van der Waals surface area contributed by atoms with E-state index in [0.29, 0.717) is 19.4 Å². The smallest absolute Gasteiger partial charge is 0.248 e. The van der Waals surface area contributed by atoms with Gasteiger partial charge in [0.2, 0.25) is 11.8 Å². The number of rotatable bonds is 4. The fourth-order valence-corrected chi connectivity index (χ4v) is 1.92. The minimum Gasteiger partial charge on any atom is -0.396 e. The van der Waals surface area contributed by atoms with Gasteiger partial charge in [0, 0.05) is 37.3 Å². The number of aliphatic hydroxyl groups is 1. The quantitative estimate of drug-likeness (QED) is 0.800. The van der Waals surface area contributed by atoms with Crippen molar-refractivity contribution < 1.29 is 18.7 Å². The number of nitrogens with one attached hydrogen (secondary N) is 1. The molecule has 1 saturated carbocycles. The van der Waals surface area contributed by atoms with Gasteiger partial charge in [-0.1, -0.05) is 13.8 Å². The number of aliphatic hydroxyl groups excluding tert-OH is 1. The summed E-state index contributed by atoms with van der Waals surface area (Å²) in [6.07, 6.45) is 0.465. The van der Waals surface area contributed by atoms with Gasteiger partial charge in [-0.15, -0.1) is 0 Å². The molecule has 5 heteroatoms. The molecular formula is C12H21F2NO2. The van der Waals surface area contributed by atoms with Crippen LogP contribution < -0.4 is 5.32 Å². The van der Waals surface area contributed by atoms with Crippen molar-refractivity contribution in [1.82, 2.24) is 5.32 Å². The molecule has 0 spiro atoms. The second-order valence-electron chi connectivity index (χ2n) is 5.69. The Kier molecular flexibility index (Phi) is 4.47. The Labute approximate surface area is 101 Å². The minimum atomic E-state index is -2.70. The molecule has 1 unspecified atom stereocenters. The van der Waals surface area contributed by atoms with Gasteiger partial charge in [0.15, 0.2) is 0 Å². The first kappa shape index (κ1) is 14.4. The molecule has 1 aliphatic carbocycles. The molecule has 1 rings (SSSR count). The van der Waals surface area contributed by atoms with Gasteiger partial charge in [0.05, 0.1) is 0 Å². The number of carbonyl (C=O) groups is 1. The molecule has 0 aromatic rings. The van der Waals surface area contributed by atoms with Crippen molar-refractivity contribution in [2.45, 2.75) is 45.5 Å². The van der Waals surface area contributed by atoms with Gasteiger partial charge in [-0.05, 0) is 12.8 Å². The van der Waals surface area contributed by atoms with Crippen LogP contribution in [-0.2, 0) is 4.79 Å². The first-order valence-corrected chi connectivity index (χ1v) is 6.02. The lowest BCUT2D eigenvalue weighted by Crippen LogP contribution is -2.42. The van der Waals surface area contributed by atoms with Crippen LogP contribution in [0.2, 0.25) is 0 Å². The minimum absolute atomic E-state index is 0.0475. The number of alkyl halides is 2. The summed E-state index contributed by atoms with van der Waals surface area (Å²) in [5.41, 5.74) is -0.410. The molecule has 1 amide bonds. The molecule has 0 aromatic heterocycles. The molecule has 0 aromatic carbocycles. The molecule has 1 fully saturated rings. The third kappa shape index (κ3) is 4.58. The average molecular weight is 249 g/mol. The van der Waals surface area contributed by atoms with Gasteiger partial charge in [0.1, 0.15) is 0 Å². The second-order valence-corrected chi connectivity index (χ2v) is 5.69. The van der Waals surface area contributed by atoms with E-state index in [-0.39, 0.29) is 25.4 Å². The van der Waals surface area contributed by atoms with Crippen LogP contribution >= 0.6 is 0 Å². The van der Waals surface area contributed by atoms with Crippen LogP contribution in [0.25, 0.3) is 0 Å². The summed E-state index contributed by atoms with van der Waals surface area (Å²) in [6, 6.07) is 0. The van der Waals surface area contributed by atoms with Crippen LogP contribution in [-0.4, -0.2) is 30.1 Å². The number of carbonyl (C=O) groups excluding carboxylic acids is 1. The first-order valence-electron chi connectivity index (χ1n) is 6.02. The highest BCUT2D eigenvalue weighted by molar-refractivity contribution is 5.78. The highest BCUT2D eigenvalue weighted by Crippen LogP contribution is 2.36. The van der Waals surface area contributed by atoms with Crippen molar-refractivity contribution in [3.63, 3.8) is 0 Å². The highest BCUT2D eigenvalue weighted by atomic mass is 19.3. The zero-order chi connectivity index (χ0) is 13.1. The molecule has 17 heavy (non-hydrogen) atoms. The van der Waals surface area contributed by atoms with Crippen LogP contribution in [0.1, 0.15) is 39.5 Å². The Hall–Kier alpha value is -0.710. The molecule has 1 atom stereocenters. The van der Waals surface area contributed by atoms with Gasteiger partial charge in [0.25, 0.3) is 0 Å². The topological polar surface area (TPSA) is 49.3 Å². The average Bonchev–Trinajstić information content (AvgIpc) is 2.24. The summed E-state index contributed by atoms with van der Waals surface area (Å²) < 4.78 is 26.3. The summed E-state index contributed by atoms with van der Waals surface area (Å²) in [7, 11) is 0. The molecule has 0 bridgehead atoms. The summed E-state index contributed by atoms with van der Waals surface area (Å²) in [5.74, 6) is -3.61. The monoisotopic (exact) mass is 249 g/mol. The molecule has 0 saturated heterocycles. The van der Waals surface area contributed by atoms with E-state index in [9.17, 15) is 13.6 Å². The fraction of sp³-hybridized carbons (Fsp3) is 0.917. The molecule has 2 N–H and O–H groups in total. The van der Waals surface area contributed by atoms with Crippen molar-refractivity contribution in [1.29, 1.82) is 0 Å². The summed E-state index contributed by atoms with van der Waals surface area (Å²) in [6.45, 7) is 3.88. The Morgan fingerprint density at radius 2 is 2.18 bits per heavy atom. The number of halogens is 2. The molecular weight excluding hydrogens is 228 g/mol. The summed E-state index contributed by atoms with van der Waals surface area (Å²) in [5, 5.41) is 11.7. The maximum atomic E-state index is 13.1. The van der Waals surface area contributed by atoms with Gasteiger partial charge in [-0.25, -0.2) is 8.78 Å². The zero-order valence-corrected chi connectivity index (χ0v) is 10.4. The Balaban J connectivity index is 2.43. The van der Waals surface area contributed by atoms with Crippen LogP contribution in [0.5, 0.6) is 0 Å². The second kappa shape index (κ2) is 5.29. The van der Waals surface area contributed by atoms with E-state index >= 15 is 0 Å². The van der Waals surface area contributed by atoms with Gasteiger partial charge in [-0.3, -0.25) is 4.79 Å². The van der Waals surface area contributed by atoms with Crippen molar-refractivity contribution in [3.05, 3.63) is 0 Å². The van der Waals surface area contributed by atoms with Crippen molar-refractivity contribution >= 4 is 5.91 Å². The molecule has 100 valence electrons. The van der Waals surface area contributed by atoms with Crippen LogP contribution in [0.15, 0.2) is 0 Å². The predicted octanol–water partition coefficient (Wildman–Crippen LogP) is 1.95. The van der Waals surface area contributed by atoms with Crippen LogP contribution in [0, 0.1) is 11.3 Å². The maximum Gasteiger partial charge on any atom is 0.248 e. The maximum absolute atomic E-state index is 13.1. The van der Waals surface area contributed by atoms with Gasteiger partial charge < -0.3 is 10.4 Å². The fourth-order valence-electron chi connectivity index (χ4n) is 1.92. The molecule has 0 radical (unpaired) electrons. The Morgan fingerprint density at radius 1 is 1.53 bits per heavy atom. The van der Waals surface area contributed by atoms with E-state index in [1.54, 1.807) is 0 Å². The van der Waals surface area contributed by atoms with E-state index in [1.807, 2.05) is 13.8 Å². The standard InChI is InChI=1S/C12H21F2NO2/c1-11(2,8-16)7-15-10(17)9-4-3-5-12(13,14)6-9/h9,16H,3-8H2,1-2H3,(H,15,17). The van der Waals surface area contributed by atoms with Crippen molar-refractivity contribution in [3.8, 4) is 0 Å². The lowest BCUT2D eigenvalue weighted by Gasteiger charge is -2.29. The SMILES string of the molecule is CC(C)(CO)CNC(=O)C1CCCC(F)(F)C1. The number of amides is 1. The van der Waals surface area contributed by atoms with Gasteiger partial charge >= 0.3 is 0 Å². The van der Waals surface area contributed by atoms with E-state index in [4.69, 9.17) is 5.11 Å². The summed E-state index contributed by atoms with van der Waals surface area (Å²) >= 11 is 0. The molecule has 0 heterocycles. The summed E-state index contributed by atoms with van der Waals surface area (Å²) in [4.78, 5) is 11.7. The van der Waals surface area contributed by atoms with Gasteiger partial charge in [-0.2, -0.15) is 0 Å². The van der Waals surface area contributed by atoms with Crippen LogP contribution in [0.3, 0.4) is 0 Å². The zero-order valence-electron chi connectivity index (χ0n) is 10.4.